The Bertz CT molecular complexity index is 1500. The van der Waals surface area contributed by atoms with E-state index in [1.165, 1.54) is 24.3 Å². The standard InChI is InChI=1S/C23H17F3N4O2S/c1-14-11-18-19(12-27)20(30(16-3-2-4-16)21(18)28-13-14)15-5-7-17(8-6-15)33(31,32)29-22(9-10-22)23(24,25)26/h2-8,11,13,29H,9-10H2,1H3. The van der Waals surface area contributed by atoms with Gasteiger partial charge in [-0.1, -0.05) is 18.2 Å². The molecule has 2 aliphatic rings. The summed E-state index contributed by atoms with van der Waals surface area (Å²) >= 11 is 0. The first-order valence-corrected chi connectivity index (χ1v) is 11.6. The smallest absolute Gasteiger partial charge is 0.293 e. The lowest BCUT2D eigenvalue weighted by Crippen LogP contribution is -2.47. The molecule has 3 aromatic rings. The Kier molecular flexibility index (Phi) is 4.57. The van der Waals surface area contributed by atoms with Gasteiger partial charge in [0, 0.05) is 22.8 Å². The lowest BCUT2D eigenvalue weighted by molar-refractivity contribution is -0.160. The number of hydrogen-bond acceptors (Lipinski definition) is 4. The summed E-state index contributed by atoms with van der Waals surface area (Å²) in [5.74, 6) is 0. The Morgan fingerprint density at radius 3 is 2.39 bits per heavy atom. The quantitative estimate of drug-likeness (QED) is 0.587. The number of nitrogens with zero attached hydrogens (tertiary/aromatic N) is 3. The van der Waals surface area contributed by atoms with Crippen molar-refractivity contribution in [2.75, 3.05) is 0 Å². The molecule has 0 aliphatic heterocycles. The molecule has 1 aromatic carbocycles. The van der Waals surface area contributed by atoms with Crippen LogP contribution in [0.1, 0.15) is 24.0 Å². The Hall–Kier alpha value is -3.42. The SMILES string of the molecule is Cc1cnc2c(c1)c(C#N)c(-c1ccc(S(=O)(=O)NC3(C(F)(F)F)CC3)cc1)n2C1=CC=C1. The molecule has 0 saturated heterocycles. The van der Waals surface area contributed by atoms with Crippen LogP contribution in [0, 0.1) is 18.3 Å². The van der Waals surface area contributed by atoms with E-state index in [4.69, 9.17) is 0 Å². The molecule has 1 fully saturated rings. The zero-order valence-electron chi connectivity index (χ0n) is 17.3. The van der Waals surface area contributed by atoms with E-state index in [0.29, 0.717) is 27.9 Å². The van der Waals surface area contributed by atoms with E-state index in [2.05, 4.69) is 11.1 Å². The Labute approximate surface area is 187 Å². The van der Waals surface area contributed by atoms with Gasteiger partial charge in [0.25, 0.3) is 0 Å². The summed E-state index contributed by atoms with van der Waals surface area (Å²) in [5.41, 5.74) is 1.34. The van der Waals surface area contributed by atoms with Gasteiger partial charge in [-0.2, -0.15) is 23.2 Å². The number of nitriles is 1. The van der Waals surface area contributed by atoms with Crippen LogP contribution in [0.15, 0.2) is 59.7 Å². The van der Waals surface area contributed by atoms with Crippen molar-refractivity contribution in [3.63, 3.8) is 0 Å². The molecule has 0 bridgehead atoms. The van der Waals surface area contributed by atoms with Gasteiger partial charge in [0.2, 0.25) is 10.0 Å². The summed E-state index contributed by atoms with van der Waals surface area (Å²) in [6, 6.07) is 9.55. The molecular formula is C23H17F3N4O2S. The highest BCUT2D eigenvalue weighted by molar-refractivity contribution is 7.89. The summed E-state index contributed by atoms with van der Waals surface area (Å²) in [6.45, 7) is 1.87. The molecule has 0 amide bonds. The van der Waals surface area contributed by atoms with E-state index >= 15 is 0 Å². The lowest BCUT2D eigenvalue weighted by Gasteiger charge is -2.20. The molecule has 0 unspecified atom stereocenters. The summed E-state index contributed by atoms with van der Waals surface area (Å²) in [5, 5.41) is 10.6. The van der Waals surface area contributed by atoms with Crippen molar-refractivity contribution in [1.29, 1.82) is 5.26 Å². The molecule has 1 N–H and O–H groups in total. The second-order valence-electron chi connectivity index (χ2n) is 8.22. The van der Waals surface area contributed by atoms with Crippen LogP contribution in [0.2, 0.25) is 0 Å². The molecule has 33 heavy (non-hydrogen) atoms. The molecule has 1 saturated carbocycles. The third kappa shape index (κ3) is 3.35. The first-order valence-electron chi connectivity index (χ1n) is 10.1. The number of aromatic nitrogens is 2. The molecule has 2 aromatic heterocycles. The third-order valence-corrected chi connectivity index (χ3v) is 7.46. The van der Waals surface area contributed by atoms with Crippen LogP contribution < -0.4 is 4.72 Å². The van der Waals surface area contributed by atoms with E-state index in [9.17, 15) is 26.9 Å². The van der Waals surface area contributed by atoms with Crippen LogP contribution in [0.4, 0.5) is 13.2 Å². The maximum absolute atomic E-state index is 13.2. The number of alkyl halides is 3. The van der Waals surface area contributed by atoms with Gasteiger partial charge in [-0.25, -0.2) is 13.4 Å². The van der Waals surface area contributed by atoms with Gasteiger partial charge < -0.3 is 0 Å². The van der Waals surface area contributed by atoms with Gasteiger partial charge in [0.15, 0.2) is 0 Å². The number of rotatable bonds is 5. The highest BCUT2D eigenvalue weighted by Gasteiger charge is 2.65. The van der Waals surface area contributed by atoms with E-state index in [1.54, 1.807) is 6.20 Å². The normalized spacial score (nSPS) is 16.9. The fourth-order valence-electron chi connectivity index (χ4n) is 3.92. The Morgan fingerprint density at radius 2 is 1.88 bits per heavy atom. The number of pyridine rings is 1. The molecule has 0 atom stereocenters. The fraction of sp³-hybridized carbons (Fsp3) is 0.217. The molecule has 2 aliphatic carbocycles. The topological polar surface area (TPSA) is 87.8 Å². The second-order valence-corrected chi connectivity index (χ2v) is 9.90. The fourth-order valence-corrected chi connectivity index (χ4v) is 5.36. The van der Waals surface area contributed by atoms with Crippen LogP contribution in [0.3, 0.4) is 0 Å². The largest absolute Gasteiger partial charge is 0.407 e. The van der Waals surface area contributed by atoms with E-state index < -0.39 is 21.7 Å². The van der Waals surface area contributed by atoms with Crippen LogP contribution in [-0.2, 0) is 10.0 Å². The molecule has 6 nitrogen and oxygen atoms in total. The first-order chi connectivity index (χ1) is 15.6. The van der Waals surface area contributed by atoms with Gasteiger partial charge in [-0.15, -0.1) is 0 Å². The first kappa shape index (κ1) is 21.4. The maximum atomic E-state index is 13.2. The van der Waals surface area contributed by atoms with Gasteiger partial charge in [-0.3, -0.25) is 4.57 Å². The molecular weight excluding hydrogens is 453 g/mol. The summed E-state index contributed by atoms with van der Waals surface area (Å²) in [6.07, 6.45) is 2.05. The Balaban J connectivity index is 1.59. The summed E-state index contributed by atoms with van der Waals surface area (Å²) < 4.78 is 68.5. The molecule has 0 spiro atoms. The van der Waals surface area contributed by atoms with Crippen molar-refractivity contribution < 1.29 is 21.6 Å². The van der Waals surface area contributed by atoms with Crippen LogP contribution in [0.25, 0.3) is 28.0 Å². The van der Waals surface area contributed by atoms with Crippen molar-refractivity contribution in [3.05, 3.63) is 65.9 Å². The molecule has 2 heterocycles. The zero-order chi connectivity index (χ0) is 23.6. The van der Waals surface area contributed by atoms with Crippen molar-refractivity contribution in [2.24, 2.45) is 0 Å². The van der Waals surface area contributed by atoms with Crippen LogP contribution >= 0.6 is 0 Å². The number of allylic oxidation sites excluding steroid dienone is 4. The van der Waals surface area contributed by atoms with Crippen molar-refractivity contribution in [3.8, 4) is 17.3 Å². The summed E-state index contributed by atoms with van der Waals surface area (Å²) in [7, 11) is -4.38. The van der Waals surface area contributed by atoms with Gasteiger partial charge in [0.05, 0.1) is 16.2 Å². The maximum Gasteiger partial charge on any atom is 0.407 e. The highest BCUT2D eigenvalue weighted by atomic mass is 32.2. The monoisotopic (exact) mass is 470 g/mol. The molecule has 0 radical (unpaired) electrons. The van der Waals surface area contributed by atoms with E-state index in [-0.39, 0.29) is 17.7 Å². The van der Waals surface area contributed by atoms with Crippen LogP contribution in [-0.4, -0.2) is 29.7 Å². The number of fused-ring (bicyclic) bond motifs is 1. The van der Waals surface area contributed by atoms with E-state index in [1.807, 2.05) is 40.5 Å². The van der Waals surface area contributed by atoms with E-state index in [0.717, 1.165) is 11.3 Å². The van der Waals surface area contributed by atoms with Crippen LogP contribution in [0.5, 0.6) is 0 Å². The average Bonchev–Trinajstić information content (AvgIpc) is 3.43. The predicted molar refractivity (Wildman–Crippen MR) is 116 cm³/mol. The molecule has 10 heteroatoms. The number of nitrogens with one attached hydrogen (secondary N) is 1. The Morgan fingerprint density at radius 1 is 1.21 bits per heavy atom. The van der Waals surface area contributed by atoms with Crippen molar-refractivity contribution >= 4 is 26.8 Å². The minimum absolute atomic E-state index is 0.278. The number of sulfonamides is 1. The molecule has 5 rings (SSSR count). The van der Waals surface area contributed by atoms with Gasteiger partial charge >= 0.3 is 6.18 Å². The number of halogens is 3. The van der Waals surface area contributed by atoms with Gasteiger partial charge in [0.1, 0.15) is 17.3 Å². The average molecular weight is 470 g/mol. The highest BCUT2D eigenvalue weighted by Crippen LogP contribution is 2.49. The van der Waals surface area contributed by atoms with Crippen molar-refractivity contribution in [2.45, 2.75) is 36.4 Å². The second kappa shape index (κ2) is 7.04. The minimum atomic E-state index is -4.65. The third-order valence-electron chi connectivity index (χ3n) is 5.91. The summed E-state index contributed by atoms with van der Waals surface area (Å²) in [4.78, 5) is 4.21. The van der Waals surface area contributed by atoms with Crippen molar-refractivity contribution in [1.82, 2.24) is 14.3 Å². The molecule has 168 valence electrons. The number of aryl methyl sites for hydroxylation is 1. The lowest BCUT2D eigenvalue weighted by atomic mass is 10.1. The zero-order valence-corrected chi connectivity index (χ0v) is 18.1. The van der Waals surface area contributed by atoms with Gasteiger partial charge in [-0.05, 0) is 55.7 Å². The number of hydrogen-bond donors (Lipinski definition) is 1. The number of benzene rings is 1. The predicted octanol–water partition coefficient (Wildman–Crippen LogP) is 4.67. The minimum Gasteiger partial charge on any atom is -0.293 e.